The molecule has 0 bridgehead atoms. The zero-order valence-electron chi connectivity index (χ0n) is 11.6. The molecule has 0 fully saturated rings. The molecule has 1 heterocycles. The molecule has 2 rings (SSSR count). The lowest BCUT2D eigenvalue weighted by molar-refractivity contribution is 0.306. The number of nitrogens with one attached hydrogen (secondary N) is 1. The smallest absolute Gasteiger partial charge is 0.242 e. The van der Waals surface area contributed by atoms with Crippen LogP contribution < -0.4 is 15.8 Å². The summed E-state index contributed by atoms with van der Waals surface area (Å²) in [5.74, 6) is 0.473. The molecule has 7 heteroatoms. The van der Waals surface area contributed by atoms with Gasteiger partial charge in [0.1, 0.15) is 17.8 Å². The lowest BCUT2D eigenvalue weighted by Crippen LogP contribution is -2.09. The summed E-state index contributed by atoms with van der Waals surface area (Å²) < 4.78 is 19.9. The van der Waals surface area contributed by atoms with E-state index in [1.54, 1.807) is 12.1 Å². The number of ether oxygens (including phenoxy) is 1. The SMILES string of the molecule is CCCOc1ncnc(NCc2cc(Br)ccc2F)c1N. The maximum Gasteiger partial charge on any atom is 0.242 e. The molecule has 0 atom stereocenters. The number of aromatic nitrogens is 2. The van der Waals surface area contributed by atoms with Crippen LogP contribution in [0.1, 0.15) is 18.9 Å². The Kier molecular flexibility index (Phi) is 5.32. The highest BCUT2D eigenvalue weighted by atomic mass is 79.9. The summed E-state index contributed by atoms with van der Waals surface area (Å²) in [6, 6.07) is 4.75. The van der Waals surface area contributed by atoms with Gasteiger partial charge in [0, 0.05) is 16.6 Å². The van der Waals surface area contributed by atoms with E-state index in [0.717, 1.165) is 10.9 Å². The van der Waals surface area contributed by atoms with Crippen molar-refractivity contribution in [2.45, 2.75) is 19.9 Å². The van der Waals surface area contributed by atoms with Crippen LogP contribution >= 0.6 is 15.9 Å². The standard InChI is InChI=1S/C14H16BrFN4O/c1-2-5-21-14-12(17)13(19-8-20-14)18-7-9-6-10(15)3-4-11(9)16/h3-4,6,8H,2,5,7,17H2,1H3,(H,18,19,20). The Morgan fingerprint density at radius 1 is 1.38 bits per heavy atom. The van der Waals surface area contributed by atoms with E-state index in [9.17, 15) is 4.39 Å². The number of nitrogens with two attached hydrogens (primary N) is 1. The molecule has 0 saturated heterocycles. The van der Waals surface area contributed by atoms with Crippen molar-refractivity contribution in [1.29, 1.82) is 0 Å². The maximum atomic E-state index is 13.7. The predicted octanol–water partition coefficient (Wildman–Crippen LogP) is 3.36. The maximum absolute atomic E-state index is 13.7. The van der Waals surface area contributed by atoms with Crippen molar-refractivity contribution in [3.8, 4) is 5.88 Å². The number of halogens is 2. The summed E-state index contributed by atoms with van der Waals surface area (Å²) >= 11 is 3.31. The van der Waals surface area contributed by atoms with Crippen LogP contribution in [0.15, 0.2) is 29.0 Å². The van der Waals surface area contributed by atoms with Gasteiger partial charge in [0.15, 0.2) is 5.82 Å². The van der Waals surface area contributed by atoms with Crippen LogP contribution in [0.4, 0.5) is 15.9 Å². The van der Waals surface area contributed by atoms with E-state index in [4.69, 9.17) is 10.5 Å². The Balaban J connectivity index is 2.11. The van der Waals surface area contributed by atoms with Crippen molar-refractivity contribution in [2.75, 3.05) is 17.7 Å². The number of nitrogens with zero attached hydrogens (tertiary/aromatic N) is 2. The van der Waals surface area contributed by atoms with Gasteiger partial charge >= 0.3 is 0 Å². The van der Waals surface area contributed by atoms with Crippen LogP contribution in [0.25, 0.3) is 0 Å². The van der Waals surface area contributed by atoms with Crippen molar-refractivity contribution in [1.82, 2.24) is 9.97 Å². The average Bonchev–Trinajstić information content (AvgIpc) is 2.48. The van der Waals surface area contributed by atoms with Gasteiger partial charge in [0.05, 0.1) is 6.61 Å². The second kappa shape index (κ2) is 7.21. The van der Waals surface area contributed by atoms with Crippen LogP contribution in [0.2, 0.25) is 0 Å². The Labute approximate surface area is 130 Å². The monoisotopic (exact) mass is 354 g/mol. The molecule has 0 saturated carbocycles. The first kappa shape index (κ1) is 15.5. The molecule has 1 aromatic heterocycles. The Hall–Kier alpha value is -1.89. The van der Waals surface area contributed by atoms with Crippen molar-refractivity contribution >= 4 is 27.4 Å². The van der Waals surface area contributed by atoms with Gasteiger partial charge in [0.25, 0.3) is 0 Å². The van der Waals surface area contributed by atoms with Gasteiger partial charge < -0.3 is 15.8 Å². The third kappa shape index (κ3) is 4.04. The van der Waals surface area contributed by atoms with Crippen LogP contribution in [0.5, 0.6) is 5.88 Å². The second-order valence-corrected chi connectivity index (χ2v) is 5.29. The van der Waals surface area contributed by atoms with Gasteiger partial charge in [-0.05, 0) is 24.6 Å². The predicted molar refractivity (Wildman–Crippen MR) is 83.7 cm³/mol. The van der Waals surface area contributed by atoms with Crippen molar-refractivity contribution in [3.05, 3.63) is 40.4 Å². The fourth-order valence-corrected chi connectivity index (χ4v) is 2.10. The zero-order valence-corrected chi connectivity index (χ0v) is 13.2. The summed E-state index contributed by atoms with van der Waals surface area (Å²) in [7, 11) is 0. The molecule has 0 spiro atoms. The van der Waals surface area contributed by atoms with E-state index in [0.29, 0.717) is 29.6 Å². The molecule has 0 amide bonds. The van der Waals surface area contributed by atoms with E-state index in [-0.39, 0.29) is 12.4 Å². The number of hydrogen-bond donors (Lipinski definition) is 2. The van der Waals surface area contributed by atoms with E-state index in [2.05, 4.69) is 31.2 Å². The summed E-state index contributed by atoms with van der Waals surface area (Å²) in [6.07, 6.45) is 2.22. The second-order valence-electron chi connectivity index (χ2n) is 4.38. The quantitative estimate of drug-likeness (QED) is 0.831. The van der Waals surface area contributed by atoms with E-state index in [1.165, 1.54) is 12.4 Å². The van der Waals surface area contributed by atoms with Crippen LogP contribution in [0.3, 0.4) is 0 Å². The Morgan fingerprint density at radius 2 is 2.19 bits per heavy atom. The van der Waals surface area contributed by atoms with Crippen LogP contribution in [-0.2, 0) is 6.54 Å². The largest absolute Gasteiger partial charge is 0.476 e. The van der Waals surface area contributed by atoms with Gasteiger partial charge in [-0.2, -0.15) is 4.98 Å². The molecule has 0 radical (unpaired) electrons. The van der Waals surface area contributed by atoms with E-state index < -0.39 is 0 Å². The minimum atomic E-state index is -0.291. The Bertz CT molecular complexity index is 624. The fourth-order valence-electron chi connectivity index (χ4n) is 1.69. The first-order valence-corrected chi connectivity index (χ1v) is 7.32. The molecule has 0 aliphatic heterocycles. The van der Waals surface area contributed by atoms with Crippen LogP contribution in [0, 0.1) is 5.82 Å². The highest BCUT2D eigenvalue weighted by molar-refractivity contribution is 9.10. The summed E-state index contributed by atoms with van der Waals surface area (Å²) in [5, 5.41) is 3.00. The molecule has 0 aliphatic carbocycles. The van der Waals surface area contributed by atoms with Crippen molar-refractivity contribution in [3.63, 3.8) is 0 Å². The molecule has 0 unspecified atom stereocenters. The van der Waals surface area contributed by atoms with Gasteiger partial charge in [0.2, 0.25) is 5.88 Å². The summed E-state index contributed by atoms with van der Waals surface area (Å²) in [6.45, 7) is 2.78. The van der Waals surface area contributed by atoms with Gasteiger partial charge in [-0.25, -0.2) is 9.37 Å². The number of nitrogen functional groups attached to an aromatic ring is 1. The number of hydrogen-bond acceptors (Lipinski definition) is 5. The Morgan fingerprint density at radius 3 is 2.95 bits per heavy atom. The first-order chi connectivity index (χ1) is 10.1. The number of anilines is 2. The van der Waals surface area contributed by atoms with Crippen molar-refractivity contribution in [2.24, 2.45) is 0 Å². The summed E-state index contributed by atoms with van der Waals surface area (Å²) in [4.78, 5) is 8.04. The third-order valence-corrected chi connectivity index (χ3v) is 3.24. The van der Waals surface area contributed by atoms with Gasteiger partial charge in [-0.15, -0.1) is 0 Å². The minimum absolute atomic E-state index is 0.264. The number of benzene rings is 1. The molecular weight excluding hydrogens is 339 g/mol. The lowest BCUT2D eigenvalue weighted by Gasteiger charge is -2.12. The topological polar surface area (TPSA) is 73.1 Å². The first-order valence-electron chi connectivity index (χ1n) is 6.53. The average molecular weight is 355 g/mol. The molecular formula is C14H16BrFN4O. The molecule has 112 valence electrons. The van der Waals surface area contributed by atoms with E-state index >= 15 is 0 Å². The molecule has 1 aromatic carbocycles. The van der Waals surface area contributed by atoms with E-state index in [1.807, 2.05) is 6.92 Å². The highest BCUT2D eigenvalue weighted by Gasteiger charge is 2.10. The van der Waals surface area contributed by atoms with Crippen molar-refractivity contribution < 1.29 is 9.13 Å². The molecule has 5 nitrogen and oxygen atoms in total. The minimum Gasteiger partial charge on any atom is -0.476 e. The molecule has 0 aliphatic rings. The highest BCUT2D eigenvalue weighted by Crippen LogP contribution is 2.25. The zero-order chi connectivity index (χ0) is 15.2. The fraction of sp³-hybridized carbons (Fsp3) is 0.286. The van der Waals surface area contributed by atoms with Gasteiger partial charge in [-0.1, -0.05) is 22.9 Å². The third-order valence-electron chi connectivity index (χ3n) is 2.74. The number of rotatable bonds is 6. The molecule has 21 heavy (non-hydrogen) atoms. The van der Waals surface area contributed by atoms with Crippen LogP contribution in [-0.4, -0.2) is 16.6 Å². The lowest BCUT2D eigenvalue weighted by atomic mass is 10.2. The molecule has 3 N–H and O–H groups in total. The normalized spacial score (nSPS) is 10.4. The van der Waals surface area contributed by atoms with Gasteiger partial charge in [-0.3, -0.25) is 0 Å². The molecule has 2 aromatic rings. The summed E-state index contributed by atoms with van der Waals surface area (Å²) in [5.41, 5.74) is 6.77.